The zero-order valence-electron chi connectivity index (χ0n) is 27.9. The van der Waals surface area contributed by atoms with E-state index in [1.807, 2.05) is 0 Å². The first-order valence-electron chi connectivity index (χ1n) is 18.5. The van der Waals surface area contributed by atoms with Gasteiger partial charge in [-0.05, 0) is 44.9 Å². The number of carbonyl (C=O) groups is 1. The molecule has 0 saturated carbocycles. The van der Waals surface area contributed by atoms with Gasteiger partial charge in [-0.25, -0.2) is 0 Å². The summed E-state index contributed by atoms with van der Waals surface area (Å²) in [4.78, 5) is 12.6. The number of allylic oxidation sites excluding steroid dienone is 2. The van der Waals surface area contributed by atoms with E-state index in [9.17, 15) is 9.90 Å². The standard InChI is InChI=1S/C38H74O2/c1-4-7-10-13-16-17-18-19-20-21-22-23-24-25-26-27-30-33-36-38(37(39)40,34-31-28-14-11-8-5-2)35-32-29-15-12-9-6-3/h19-20H,4-18,21-36H2,1-3H3,(H,39,40). The third-order valence-electron chi connectivity index (χ3n) is 9.14. The molecule has 0 aliphatic rings. The molecule has 0 unspecified atom stereocenters. The van der Waals surface area contributed by atoms with E-state index in [4.69, 9.17) is 0 Å². The average Bonchev–Trinajstić information content (AvgIpc) is 2.95. The van der Waals surface area contributed by atoms with Gasteiger partial charge in [-0.15, -0.1) is 0 Å². The molecule has 0 fully saturated rings. The second-order valence-corrected chi connectivity index (χ2v) is 13.0. The Bertz CT molecular complexity index is 522. The van der Waals surface area contributed by atoms with Gasteiger partial charge in [-0.3, -0.25) is 4.79 Å². The Balaban J connectivity index is 4.08. The molecule has 0 spiro atoms. The average molecular weight is 563 g/mol. The van der Waals surface area contributed by atoms with E-state index in [1.54, 1.807) is 0 Å². The van der Waals surface area contributed by atoms with Gasteiger partial charge >= 0.3 is 5.97 Å². The molecule has 0 aliphatic heterocycles. The van der Waals surface area contributed by atoms with Crippen LogP contribution >= 0.6 is 0 Å². The van der Waals surface area contributed by atoms with E-state index in [-0.39, 0.29) is 0 Å². The SMILES string of the molecule is CCCCCCCCC=CCCCCCCCCCCC(CCCCCCCC)(CCCCCCCC)C(=O)O. The molecule has 1 N–H and O–H groups in total. The molecule has 2 heteroatoms. The molecule has 0 atom stereocenters. The first-order chi connectivity index (χ1) is 19.6. The zero-order valence-corrected chi connectivity index (χ0v) is 27.9. The molecule has 40 heavy (non-hydrogen) atoms. The number of hydrogen-bond acceptors (Lipinski definition) is 1. The van der Waals surface area contributed by atoms with Crippen molar-refractivity contribution < 1.29 is 9.90 Å². The maximum Gasteiger partial charge on any atom is 0.309 e. The zero-order chi connectivity index (χ0) is 29.4. The normalized spacial score (nSPS) is 12.1. The van der Waals surface area contributed by atoms with Gasteiger partial charge in [0.15, 0.2) is 0 Å². The lowest BCUT2D eigenvalue weighted by Gasteiger charge is -2.30. The van der Waals surface area contributed by atoms with Gasteiger partial charge in [0.1, 0.15) is 0 Å². The van der Waals surface area contributed by atoms with Crippen LogP contribution in [0.15, 0.2) is 12.2 Å². The minimum Gasteiger partial charge on any atom is -0.481 e. The van der Waals surface area contributed by atoms with Gasteiger partial charge in [0.05, 0.1) is 5.41 Å². The van der Waals surface area contributed by atoms with Crippen molar-refractivity contribution in [3.8, 4) is 0 Å². The molecule has 0 aliphatic carbocycles. The van der Waals surface area contributed by atoms with Crippen LogP contribution in [-0.2, 0) is 4.79 Å². The van der Waals surface area contributed by atoms with Crippen molar-refractivity contribution in [1.82, 2.24) is 0 Å². The molecule has 0 rings (SSSR count). The van der Waals surface area contributed by atoms with Crippen molar-refractivity contribution >= 4 is 5.97 Å². The third-order valence-corrected chi connectivity index (χ3v) is 9.14. The number of aliphatic carboxylic acids is 1. The topological polar surface area (TPSA) is 37.3 Å². The first-order valence-corrected chi connectivity index (χ1v) is 18.5. The molecule has 0 aromatic carbocycles. The van der Waals surface area contributed by atoms with E-state index in [0.29, 0.717) is 0 Å². The van der Waals surface area contributed by atoms with E-state index in [2.05, 4.69) is 32.9 Å². The molecule has 0 bridgehead atoms. The van der Waals surface area contributed by atoms with Gasteiger partial charge in [0, 0.05) is 0 Å². The highest BCUT2D eigenvalue weighted by atomic mass is 16.4. The van der Waals surface area contributed by atoms with Gasteiger partial charge in [-0.1, -0.05) is 187 Å². The largest absolute Gasteiger partial charge is 0.481 e. The van der Waals surface area contributed by atoms with Crippen LogP contribution in [0.1, 0.15) is 220 Å². The Labute approximate surface area is 253 Å². The highest BCUT2D eigenvalue weighted by Gasteiger charge is 2.36. The van der Waals surface area contributed by atoms with Crippen LogP contribution in [-0.4, -0.2) is 11.1 Å². The maximum absolute atomic E-state index is 12.6. The lowest BCUT2D eigenvalue weighted by Crippen LogP contribution is -2.31. The quantitative estimate of drug-likeness (QED) is 0.0638. The van der Waals surface area contributed by atoms with Crippen LogP contribution in [0.3, 0.4) is 0 Å². The van der Waals surface area contributed by atoms with Crippen molar-refractivity contribution in [3.05, 3.63) is 12.2 Å². The van der Waals surface area contributed by atoms with Crippen LogP contribution in [0.25, 0.3) is 0 Å². The number of carboxylic acids is 1. The number of hydrogen-bond donors (Lipinski definition) is 1. The first kappa shape index (κ1) is 39.2. The lowest BCUT2D eigenvalue weighted by atomic mass is 9.74. The predicted molar refractivity (Wildman–Crippen MR) is 179 cm³/mol. The van der Waals surface area contributed by atoms with Crippen LogP contribution in [0.5, 0.6) is 0 Å². The van der Waals surface area contributed by atoms with Crippen molar-refractivity contribution in [3.63, 3.8) is 0 Å². The number of unbranched alkanes of at least 4 members (excludes halogenated alkanes) is 24. The van der Waals surface area contributed by atoms with Crippen LogP contribution < -0.4 is 0 Å². The molecule has 2 nitrogen and oxygen atoms in total. The van der Waals surface area contributed by atoms with Gasteiger partial charge in [-0.2, -0.15) is 0 Å². The molecule has 0 heterocycles. The molecule has 0 amide bonds. The number of carboxylic acid groups (broad SMARTS) is 1. The van der Waals surface area contributed by atoms with Gasteiger partial charge in [0.2, 0.25) is 0 Å². The van der Waals surface area contributed by atoms with Crippen molar-refractivity contribution in [2.75, 3.05) is 0 Å². The summed E-state index contributed by atoms with van der Waals surface area (Å²) in [5.74, 6) is -0.504. The highest BCUT2D eigenvalue weighted by Crippen LogP contribution is 2.38. The predicted octanol–water partition coefficient (Wildman–Crippen LogP) is 13.8. The van der Waals surface area contributed by atoms with E-state index in [1.165, 1.54) is 161 Å². The maximum atomic E-state index is 12.6. The van der Waals surface area contributed by atoms with Gasteiger partial charge < -0.3 is 5.11 Å². The summed E-state index contributed by atoms with van der Waals surface area (Å²) >= 11 is 0. The summed E-state index contributed by atoms with van der Waals surface area (Å²) < 4.78 is 0. The second kappa shape index (κ2) is 31.2. The Morgan fingerprint density at radius 2 is 0.675 bits per heavy atom. The molecule has 0 radical (unpaired) electrons. The summed E-state index contributed by atoms with van der Waals surface area (Å²) in [7, 11) is 0. The fourth-order valence-electron chi connectivity index (χ4n) is 6.25. The Kier molecular flexibility index (Phi) is 30.5. The van der Waals surface area contributed by atoms with E-state index < -0.39 is 11.4 Å². The summed E-state index contributed by atoms with van der Waals surface area (Å²) in [6.45, 7) is 6.80. The Hall–Kier alpha value is -0.790. The minimum absolute atomic E-state index is 0.460. The third kappa shape index (κ3) is 25.0. The minimum atomic E-state index is -0.504. The van der Waals surface area contributed by atoms with E-state index in [0.717, 1.165) is 38.5 Å². The monoisotopic (exact) mass is 563 g/mol. The lowest BCUT2D eigenvalue weighted by molar-refractivity contribution is -0.150. The second-order valence-electron chi connectivity index (χ2n) is 13.0. The smallest absolute Gasteiger partial charge is 0.309 e. The Morgan fingerprint density at radius 3 is 0.950 bits per heavy atom. The van der Waals surface area contributed by atoms with Gasteiger partial charge in [0.25, 0.3) is 0 Å². The van der Waals surface area contributed by atoms with Crippen LogP contribution in [0, 0.1) is 5.41 Å². The molecule has 0 aromatic heterocycles. The summed E-state index contributed by atoms with van der Waals surface area (Å²) in [6, 6.07) is 0. The summed E-state index contributed by atoms with van der Waals surface area (Å²) in [6.07, 6.45) is 43.7. The molecule has 238 valence electrons. The van der Waals surface area contributed by atoms with E-state index >= 15 is 0 Å². The summed E-state index contributed by atoms with van der Waals surface area (Å²) in [5, 5.41) is 10.3. The molecule has 0 aromatic rings. The van der Waals surface area contributed by atoms with Crippen molar-refractivity contribution in [1.29, 1.82) is 0 Å². The van der Waals surface area contributed by atoms with Crippen LogP contribution in [0.4, 0.5) is 0 Å². The van der Waals surface area contributed by atoms with Crippen molar-refractivity contribution in [2.24, 2.45) is 5.41 Å². The van der Waals surface area contributed by atoms with Crippen LogP contribution in [0.2, 0.25) is 0 Å². The highest BCUT2D eigenvalue weighted by molar-refractivity contribution is 5.74. The summed E-state index contributed by atoms with van der Waals surface area (Å²) in [5.41, 5.74) is -0.460. The molecule has 0 saturated heterocycles. The fourth-order valence-corrected chi connectivity index (χ4v) is 6.25. The van der Waals surface area contributed by atoms with Crippen molar-refractivity contribution in [2.45, 2.75) is 220 Å². The fraction of sp³-hybridized carbons (Fsp3) is 0.921. The molecular formula is C38H74O2. The Morgan fingerprint density at radius 1 is 0.425 bits per heavy atom. The molecular weight excluding hydrogens is 488 g/mol. The number of rotatable bonds is 33.